The number of thiophene rings is 1. The Morgan fingerprint density at radius 1 is 1.31 bits per heavy atom. The van der Waals surface area contributed by atoms with Gasteiger partial charge < -0.3 is 9.32 Å². The summed E-state index contributed by atoms with van der Waals surface area (Å²) in [7, 11) is 1.77. The van der Waals surface area contributed by atoms with Gasteiger partial charge in [-0.2, -0.15) is 0 Å². The third kappa shape index (κ3) is 3.69. The van der Waals surface area contributed by atoms with Crippen LogP contribution < -0.4 is 5.56 Å². The first kappa shape index (κ1) is 19.4. The van der Waals surface area contributed by atoms with Crippen LogP contribution in [-0.2, 0) is 24.3 Å². The van der Waals surface area contributed by atoms with Gasteiger partial charge in [0.05, 0.1) is 18.3 Å². The number of rotatable bonds is 8. The Morgan fingerprint density at radius 2 is 2.17 bits per heavy atom. The molecule has 0 saturated carbocycles. The molecule has 4 aromatic heterocycles. The van der Waals surface area contributed by atoms with E-state index >= 15 is 0 Å². The molecule has 0 atom stereocenters. The molecule has 8 nitrogen and oxygen atoms in total. The monoisotopic (exact) mass is 413 g/mol. The summed E-state index contributed by atoms with van der Waals surface area (Å²) in [6, 6.07) is 5.60. The second-order valence-electron chi connectivity index (χ2n) is 7.03. The number of nitrogens with zero attached hydrogens (tertiary/aromatic N) is 5. The molecule has 9 heteroatoms. The first-order valence-electron chi connectivity index (χ1n) is 9.70. The van der Waals surface area contributed by atoms with Crippen LogP contribution in [0.15, 0.2) is 39.1 Å². The first-order chi connectivity index (χ1) is 14.1. The first-order valence-corrected chi connectivity index (χ1v) is 10.6. The van der Waals surface area contributed by atoms with Crippen molar-refractivity contribution in [3.63, 3.8) is 0 Å². The normalized spacial score (nSPS) is 11.5. The summed E-state index contributed by atoms with van der Waals surface area (Å²) >= 11 is 1.44. The third-order valence-corrected chi connectivity index (χ3v) is 5.81. The minimum Gasteiger partial charge on any atom is -0.467 e. The number of amides is 1. The highest BCUT2D eigenvalue weighted by Crippen LogP contribution is 2.20. The van der Waals surface area contributed by atoms with Gasteiger partial charge in [0.2, 0.25) is 11.7 Å². The van der Waals surface area contributed by atoms with Crippen LogP contribution in [0.2, 0.25) is 0 Å². The molecular weight excluding hydrogens is 390 g/mol. The lowest BCUT2D eigenvalue weighted by Gasteiger charge is -2.15. The number of furan rings is 1. The average Bonchev–Trinajstić information content (AvgIpc) is 3.45. The van der Waals surface area contributed by atoms with Crippen molar-refractivity contribution >= 4 is 33.2 Å². The Balaban J connectivity index is 1.51. The summed E-state index contributed by atoms with van der Waals surface area (Å²) in [6.45, 7) is 3.09. The lowest BCUT2D eigenvalue weighted by Crippen LogP contribution is -2.25. The van der Waals surface area contributed by atoms with Crippen LogP contribution in [0.25, 0.3) is 16.0 Å². The van der Waals surface area contributed by atoms with E-state index in [0.29, 0.717) is 42.8 Å². The van der Waals surface area contributed by atoms with Gasteiger partial charge >= 0.3 is 0 Å². The minimum absolute atomic E-state index is 0.0157. The average molecular weight is 414 g/mol. The number of aryl methyl sites for hydroxylation is 2. The number of aromatic nitrogens is 4. The van der Waals surface area contributed by atoms with Crippen molar-refractivity contribution in [2.24, 2.45) is 0 Å². The van der Waals surface area contributed by atoms with Crippen molar-refractivity contribution in [2.75, 3.05) is 7.05 Å². The Hall–Kier alpha value is -2.94. The smallest absolute Gasteiger partial charge is 0.272 e. The summed E-state index contributed by atoms with van der Waals surface area (Å²) in [5.74, 6) is 2.16. The van der Waals surface area contributed by atoms with E-state index in [1.807, 2.05) is 34.9 Å². The molecule has 0 spiro atoms. The summed E-state index contributed by atoms with van der Waals surface area (Å²) in [4.78, 5) is 26.8. The Bertz CT molecular complexity index is 1190. The molecule has 0 aliphatic rings. The van der Waals surface area contributed by atoms with Crippen LogP contribution in [0.1, 0.15) is 37.8 Å². The maximum absolute atomic E-state index is 12.7. The van der Waals surface area contributed by atoms with E-state index < -0.39 is 0 Å². The zero-order chi connectivity index (χ0) is 20.4. The van der Waals surface area contributed by atoms with Crippen LogP contribution in [-0.4, -0.2) is 37.0 Å². The van der Waals surface area contributed by atoms with Gasteiger partial charge in [0.1, 0.15) is 16.3 Å². The minimum atomic E-state index is -0.0157. The third-order valence-electron chi connectivity index (χ3n) is 4.92. The van der Waals surface area contributed by atoms with Gasteiger partial charge in [-0.25, -0.2) is 0 Å². The van der Waals surface area contributed by atoms with Crippen molar-refractivity contribution in [3.05, 3.63) is 51.8 Å². The van der Waals surface area contributed by atoms with Gasteiger partial charge in [0.15, 0.2) is 0 Å². The largest absolute Gasteiger partial charge is 0.467 e. The van der Waals surface area contributed by atoms with Gasteiger partial charge in [-0.05, 0) is 36.4 Å². The molecule has 0 N–H and O–H groups in total. The fraction of sp³-hybridized carbons (Fsp3) is 0.400. The predicted octanol–water partition coefficient (Wildman–Crippen LogP) is 3.09. The summed E-state index contributed by atoms with van der Waals surface area (Å²) in [6.07, 6.45) is 4.11. The SMILES string of the molecule is CCCn1c(=O)c2sccc2n2c(CCCC(=O)N(C)Cc3ccco3)nnc12. The number of fused-ring (bicyclic) bond motifs is 3. The number of hydrogen-bond acceptors (Lipinski definition) is 6. The Labute approximate surface area is 171 Å². The zero-order valence-corrected chi connectivity index (χ0v) is 17.3. The maximum atomic E-state index is 12.7. The van der Waals surface area contributed by atoms with Crippen molar-refractivity contribution in [1.29, 1.82) is 0 Å². The lowest BCUT2D eigenvalue weighted by molar-refractivity contribution is -0.130. The Kier molecular flexibility index (Phi) is 5.48. The molecule has 0 aliphatic carbocycles. The van der Waals surface area contributed by atoms with Gasteiger partial charge in [-0.3, -0.25) is 18.6 Å². The van der Waals surface area contributed by atoms with Crippen molar-refractivity contribution in [2.45, 2.75) is 45.7 Å². The van der Waals surface area contributed by atoms with E-state index in [0.717, 1.165) is 23.5 Å². The van der Waals surface area contributed by atoms with Gasteiger partial charge in [-0.15, -0.1) is 21.5 Å². The second-order valence-corrected chi connectivity index (χ2v) is 7.94. The molecule has 0 fully saturated rings. The van der Waals surface area contributed by atoms with Crippen molar-refractivity contribution < 1.29 is 9.21 Å². The highest BCUT2D eigenvalue weighted by molar-refractivity contribution is 7.17. The molecule has 4 rings (SSSR count). The Morgan fingerprint density at radius 3 is 2.93 bits per heavy atom. The van der Waals surface area contributed by atoms with Crippen LogP contribution in [0.4, 0.5) is 0 Å². The summed E-state index contributed by atoms with van der Waals surface area (Å²) < 4.78 is 9.66. The molecule has 0 aromatic carbocycles. The van der Waals surface area contributed by atoms with Gasteiger partial charge in [0, 0.05) is 26.4 Å². The molecule has 152 valence electrons. The lowest BCUT2D eigenvalue weighted by atomic mass is 10.2. The molecule has 0 unspecified atom stereocenters. The van der Waals surface area contributed by atoms with Gasteiger partial charge in [-0.1, -0.05) is 6.92 Å². The fourth-order valence-corrected chi connectivity index (χ4v) is 4.30. The zero-order valence-electron chi connectivity index (χ0n) is 16.5. The molecule has 0 radical (unpaired) electrons. The highest BCUT2D eigenvalue weighted by atomic mass is 32.1. The van der Waals surface area contributed by atoms with Crippen LogP contribution >= 0.6 is 11.3 Å². The topological polar surface area (TPSA) is 85.6 Å². The fourth-order valence-electron chi connectivity index (χ4n) is 3.48. The van der Waals surface area contributed by atoms with E-state index in [1.54, 1.807) is 22.8 Å². The van der Waals surface area contributed by atoms with Crippen molar-refractivity contribution in [3.8, 4) is 0 Å². The van der Waals surface area contributed by atoms with E-state index in [1.165, 1.54) is 11.3 Å². The molecule has 4 heterocycles. The predicted molar refractivity (Wildman–Crippen MR) is 111 cm³/mol. The molecular formula is C20H23N5O3S. The summed E-state index contributed by atoms with van der Waals surface area (Å²) in [5.41, 5.74) is 0.821. The molecule has 0 aliphatic heterocycles. The molecule has 0 bridgehead atoms. The highest BCUT2D eigenvalue weighted by Gasteiger charge is 2.17. The molecule has 0 saturated heterocycles. The second kappa shape index (κ2) is 8.20. The van der Waals surface area contributed by atoms with E-state index in [2.05, 4.69) is 10.2 Å². The van der Waals surface area contributed by atoms with Gasteiger partial charge in [0.25, 0.3) is 5.56 Å². The number of carbonyl (C=O) groups is 1. The van der Waals surface area contributed by atoms with Crippen LogP contribution in [0.5, 0.6) is 0 Å². The standard InChI is InChI=1S/C20H23N5O3S/c1-3-10-24-19(27)18-15(9-12-29-18)25-16(21-22-20(24)25)7-4-8-17(26)23(2)13-14-6-5-11-28-14/h5-6,9,11-12H,3-4,7-8,10,13H2,1-2H3. The molecule has 29 heavy (non-hydrogen) atoms. The van der Waals surface area contributed by atoms with E-state index in [9.17, 15) is 9.59 Å². The van der Waals surface area contributed by atoms with E-state index in [4.69, 9.17) is 4.42 Å². The van der Waals surface area contributed by atoms with Crippen molar-refractivity contribution in [1.82, 2.24) is 24.1 Å². The number of hydrogen-bond donors (Lipinski definition) is 0. The quantitative estimate of drug-likeness (QED) is 0.443. The number of carbonyl (C=O) groups excluding carboxylic acids is 1. The molecule has 1 amide bonds. The van der Waals surface area contributed by atoms with E-state index in [-0.39, 0.29) is 11.5 Å². The maximum Gasteiger partial charge on any atom is 0.272 e. The van der Waals surface area contributed by atoms with Crippen LogP contribution in [0, 0.1) is 0 Å². The van der Waals surface area contributed by atoms with Crippen LogP contribution in [0.3, 0.4) is 0 Å². The summed E-state index contributed by atoms with van der Waals surface area (Å²) in [5, 5.41) is 10.5. The molecule has 4 aromatic rings.